The van der Waals surface area contributed by atoms with Crippen LogP contribution in [0.25, 0.3) is 0 Å². The Bertz CT molecular complexity index is 620. The van der Waals surface area contributed by atoms with Gasteiger partial charge in [-0.25, -0.2) is 0 Å². The van der Waals surface area contributed by atoms with E-state index in [0.29, 0.717) is 22.8 Å². The number of hydrogen-bond acceptors (Lipinski definition) is 4. The molecule has 110 valence electrons. The highest BCUT2D eigenvalue weighted by Crippen LogP contribution is 2.27. The molecular formula is C17H18O3S. The molecule has 0 saturated heterocycles. The van der Waals surface area contributed by atoms with Gasteiger partial charge in [0.1, 0.15) is 11.5 Å². The molecule has 0 aromatic heterocycles. The third-order valence-corrected chi connectivity index (χ3v) is 4.11. The van der Waals surface area contributed by atoms with E-state index >= 15 is 0 Å². The SMILES string of the molecule is COc1ccc(OC)c(C(=O)CSc2ccc(C)cc2)c1. The van der Waals surface area contributed by atoms with Gasteiger partial charge in [-0.05, 0) is 37.3 Å². The van der Waals surface area contributed by atoms with E-state index in [1.165, 1.54) is 17.3 Å². The first-order chi connectivity index (χ1) is 10.1. The highest BCUT2D eigenvalue weighted by molar-refractivity contribution is 8.00. The maximum atomic E-state index is 12.4. The van der Waals surface area contributed by atoms with Crippen LogP contribution in [0.1, 0.15) is 15.9 Å². The summed E-state index contributed by atoms with van der Waals surface area (Å²) in [4.78, 5) is 13.5. The number of methoxy groups -OCH3 is 2. The fourth-order valence-corrected chi connectivity index (χ4v) is 2.67. The van der Waals surface area contributed by atoms with Gasteiger partial charge in [0, 0.05) is 4.90 Å². The van der Waals surface area contributed by atoms with Crippen LogP contribution in [0.4, 0.5) is 0 Å². The number of benzene rings is 2. The first-order valence-electron chi connectivity index (χ1n) is 6.58. The second kappa shape index (κ2) is 7.18. The van der Waals surface area contributed by atoms with Crippen LogP contribution in [0.3, 0.4) is 0 Å². The predicted octanol–water partition coefficient (Wildman–Crippen LogP) is 3.99. The molecule has 21 heavy (non-hydrogen) atoms. The van der Waals surface area contributed by atoms with Gasteiger partial charge in [-0.3, -0.25) is 4.79 Å². The summed E-state index contributed by atoms with van der Waals surface area (Å²) in [6, 6.07) is 13.4. The first-order valence-corrected chi connectivity index (χ1v) is 7.57. The lowest BCUT2D eigenvalue weighted by molar-refractivity contribution is 0.101. The van der Waals surface area contributed by atoms with Gasteiger partial charge in [-0.2, -0.15) is 0 Å². The van der Waals surface area contributed by atoms with E-state index in [2.05, 4.69) is 0 Å². The van der Waals surface area contributed by atoms with Gasteiger partial charge >= 0.3 is 0 Å². The summed E-state index contributed by atoms with van der Waals surface area (Å²) in [5.41, 5.74) is 1.76. The molecule has 0 aliphatic carbocycles. The summed E-state index contributed by atoms with van der Waals surface area (Å²) < 4.78 is 10.4. The molecule has 0 N–H and O–H groups in total. The summed E-state index contributed by atoms with van der Waals surface area (Å²) in [6.45, 7) is 2.04. The number of thioether (sulfide) groups is 1. The number of Topliss-reactive ketones (excluding diaryl/α,β-unsaturated/α-hetero) is 1. The third-order valence-electron chi connectivity index (χ3n) is 3.10. The molecule has 2 aromatic rings. The monoisotopic (exact) mass is 302 g/mol. The Balaban J connectivity index is 2.10. The van der Waals surface area contributed by atoms with E-state index in [1.54, 1.807) is 32.4 Å². The number of ether oxygens (including phenoxy) is 2. The minimum absolute atomic E-state index is 0.0244. The number of carbonyl (C=O) groups excluding carboxylic acids is 1. The second-order valence-corrected chi connectivity index (χ2v) is 5.64. The Labute approximate surface area is 129 Å². The highest BCUT2D eigenvalue weighted by atomic mass is 32.2. The molecule has 0 fully saturated rings. The molecule has 0 aliphatic heterocycles. The second-order valence-electron chi connectivity index (χ2n) is 4.59. The summed E-state index contributed by atoms with van der Waals surface area (Å²) in [5, 5.41) is 0. The molecule has 0 spiro atoms. The molecule has 2 rings (SSSR count). The van der Waals surface area contributed by atoms with Crippen molar-refractivity contribution >= 4 is 17.5 Å². The minimum atomic E-state index is 0.0244. The third kappa shape index (κ3) is 4.02. The average molecular weight is 302 g/mol. The van der Waals surface area contributed by atoms with Crippen molar-refractivity contribution in [2.45, 2.75) is 11.8 Å². The lowest BCUT2D eigenvalue weighted by Crippen LogP contribution is -2.05. The van der Waals surface area contributed by atoms with E-state index in [4.69, 9.17) is 9.47 Å². The largest absolute Gasteiger partial charge is 0.497 e. The Morgan fingerprint density at radius 1 is 1.05 bits per heavy atom. The maximum Gasteiger partial charge on any atom is 0.176 e. The van der Waals surface area contributed by atoms with Crippen LogP contribution in [0.2, 0.25) is 0 Å². The van der Waals surface area contributed by atoms with Crippen LogP contribution in [0.15, 0.2) is 47.4 Å². The van der Waals surface area contributed by atoms with Gasteiger partial charge in [-0.15, -0.1) is 11.8 Å². The lowest BCUT2D eigenvalue weighted by Gasteiger charge is -2.09. The molecule has 0 heterocycles. The Morgan fingerprint density at radius 2 is 1.76 bits per heavy atom. The molecule has 0 bridgehead atoms. The van der Waals surface area contributed by atoms with Crippen LogP contribution in [-0.4, -0.2) is 25.8 Å². The zero-order valence-electron chi connectivity index (χ0n) is 12.4. The van der Waals surface area contributed by atoms with Crippen LogP contribution in [-0.2, 0) is 0 Å². The van der Waals surface area contributed by atoms with Gasteiger partial charge in [0.15, 0.2) is 5.78 Å². The number of carbonyl (C=O) groups is 1. The van der Waals surface area contributed by atoms with Crippen molar-refractivity contribution in [2.24, 2.45) is 0 Å². The van der Waals surface area contributed by atoms with E-state index in [1.807, 2.05) is 31.2 Å². The van der Waals surface area contributed by atoms with Crippen molar-refractivity contribution in [1.82, 2.24) is 0 Å². The minimum Gasteiger partial charge on any atom is -0.497 e. The molecule has 3 nitrogen and oxygen atoms in total. The zero-order valence-corrected chi connectivity index (χ0v) is 13.2. The number of aryl methyl sites for hydroxylation is 1. The van der Waals surface area contributed by atoms with Gasteiger partial charge < -0.3 is 9.47 Å². The van der Waals surface area contributed by atoms with E-state index < -0.39 is 0 Å². The molecule has 0 unspecified atom stereocenters. The Hall–Kier alpha value is -1.94. The fourth-order valence-electron chi connectivity index (χ4n) is 1.89. The topological polar surface area (TPSA) is 35.5 Å². The van der Waals surface area contributed by atoms with E-state index in [9.17, 15) is 4.79 Å². The standard InChI is InChI=1S/C17H18O3S/c1-12-4-7-14(8-5-12)21-11-16(18)15-10-13(19-2)6-9-17(15)20-3/h4-10H,11H2,1-3H3. The van der Waals surface area contributed by atoms with Gasteiger partial charge in [-0.1, -0.05) is 17.7 Å². The van der Waals surface area contributed by atoms with Crippen molar-refractivity contribution < 1.29 is 14.3 Å². The number of hydrogen-bond donors (Lipinski definition) is 0. The maximum absolute atomic E-state index is 12.4. The van der Waals surface area contributed by atoms with Gasteiger partial charge in [0.25, 0.3) is 0 Å². The van der Waals surface area contributed by atoms with Crippen LogP contribution in [0.5, 0.6) is 11.5 Å². The van der Waals surface area contributed by atoms with Crippen molar-refractivity contribution in [3.8, 4) is 11.5 Å². The summed E-state index contributed by atoms with van der Waals surface area (Å²) >= 11 is 1.52. The molecule has 2 aromatic carbocycles. The van der Waals surface area contributed by atoms with E-state index in [0.717, 1.165) is 4.90 Å². The highest BCUT2D eigenvalue weighted by Gasteiger charge is 2.14. The van der Waals surface area contributed by atoms with E-state index in [-0.39, 0.29) is 5.78 Å². The van der Waals surface area contributed by atoms with Gasteiger partial charge in [0.05, 0.1) is 25.5 Å². The lowest BCUT2D eigenvalue weighted by atomic mass is 10.1. The smallest absolute Gasteiger partial charge is 0.176 e. The van der Waals surface area contributed by atoms with Gasteiger partial charge in [0.2, 0.25) is 0 Å². The van der Waals surface area contributed by atoms with Crippen LogP contribution < -0.4 is 9.47 Å². The Morgan fingerprint density at radius 3 is 2.38 bits per heavy atom. The summed E-state index contributed by atoms with van der Waals surface area (Å²) in [5.74, 6) is 1.62. The zero-order chi connectivity index (χ0) is 15.2. The van der Waals surface area contributed by atoms with Crippen molar-refractivity contribution in [2.75, 3.05) is 20.0 Å². The molecule has 0 saturated carbocycles. The van der Waals surface area contributed by atoms with Crippen molar-refractivity contribution in [1.29, 1.82) is 0 Å². The number of ketones is 1. The quantitative estimate of drug-likeness (QED) is 0.597. The fraction of sp³-hybridized carbons (Fsp3) is 0.235. The summed E-state index contributed by atoms with van der Waals surface area (Å²) in [7, 11) is 3.14. The average Bonchev–Trinajstić information content (AvgIpc) is 2.53. The number of rotatable bonds is 6. The molecule has 0 radical (unpaired) electrons. The molecule has 0 atom stereocenters. The summed E-state index contributed by atoms with van der Waals surface area (Å²) in [6.07, 6.45) is 0. The van der Waals surface area contributed by atoms with Crippen LogP contribution >= 0.6 is 11.8 Å². The van der Waals surface area contributed by atoms with Crippen LogP contribution in [0, 0.1) is 6.92 Å². The molecular weight excluding hydrogens is 284 g/mol. The molecule has 0 aliphatic rings. The normalized spacial score (nSPS) is 10.2. The molecule has 0 amide bonds. The molecule has 4 heteroatoms. The van der Waals surface area contributed by atoms with Crippen molar-refractivity contribution in [3.63, 3.8) is 0 Å². The van der Waals surface area contributed by atoms with Crippen molar-refractivity contribution in [3.05, 3.63) is 53.6 Å². The predicted molar refractivity (Wildman–Crippen MR) is 85.8 cm³/mol. The Kier molecular flexibility index (Phi) is 5.28. The first kappa shape index (κ1) is 15.4.